The van der Waals surface area contributed by atoms with Gasteiger partial charge in [-0.3, -0.25) is 9.69 Å². The van der Waals surface area contributed by atoms with Gasteiger partial charge >= 0.3 is 5.97 Å². The molecular formula is C30H64N2O5. The fourth-order valence-electron chi connectivity index (χ4n) is 4.46. The van der Waals surface area contributed by atoms with Crippen LogP contribution in [-0.2, 0) is 4.79 Å². The zero-order valence-electron chi connectivity index (χ0n) is 24.4. The van der Waals surface area contributed by atoms with Crippen molar-refractivity contribution in [1.82, 2.24) is 10.2 Å². The van der Waals surface area contributed by atoms with E-state index in [4.69, 9.17) is 20.4 Å². The van der Waals surface area contributed by atoms with Gasteiger partial charge in [-0.05, 0) is 13.0 Å². The lowest BCUT2D eigenvalue weighted by molar-refractivity contribution is -0.135. The van der Waals surface area contributed by atoms with Crippen LogP contribution in [-0.4, -0.2) is 83.8 Å². The molecule has 7 nitrogen and oxygen atoms in total. The average molecular weight is 533 g/mol. The maximum atomic E-state index is 10.3. The summed E-state index contributed by atoms with van der Waals surface area (Å²) in [5.74, 6) is -0.761. The fraction of sp³-hybridized carbons (Fsp3) is 0.967. The van der Waals surface area contributed by atoms with E-state index in [2.05, 4.69) is 12.2 Å². The van der Waals surface area contributed by atoms with E-state index in [1.807, 2.05) is 0 Å². The van der Waals surface area contributed by atoms with Crippen LogP contribution in [0.15, 0.2) is 0 Å². The molecule has 0 bridgehead atoms. The van der Waals surface area contributed by atoms with Crippen molar-refractivity contribution >= 4 is 5.97 Å². The minimum atomic E-state index is -0.761. The summed E-state index contributed by atoms with van der Waals surface area (Å²) < 4.78 is 0. The Balaban J connectivity index is 0. The van der Waals surface area contributed by atoms with Crippen LogP contribution in [0.25, 0.3) is 0 Å². The van der Waals surface area contributed by atoms with E-state index in [-0.39, 0.29) is 26.4 Å². The van der Waals surface area contributed by atoms with Crippen molar-refractivity contribution in [3.05, 3.63) is 0 Å². The van der Waals surface area contributed by atoms with Crippen molar-refractivity contribution in [1.29, 1.82) is 0 Å². The summed E-state index contributed by atoms with van der Waals surface area (Å²) in [6, 6.07) is 0. The molecule has 0 aliphatic rings. The van der Waals surface area contributed by atoms with Gasteiger partial charge in [0.05, 0.1) is 26.4 Å². The van der Waals surface area contributed by atoms with Gasteiger partial charge in [0.2, 0.25) is 0 Å². The smallest absolute Gasteiger partial charge is 0.317 e. The Bertz CT molecular complexity index is 413. The predicted molar refractivity (Wildman–Crippen MR) is 156 cm³/mol. The summed E-state index contributed by atoms with van der Waals surface area (Å²) >= 11 is 0. The topological polar surface area (TPSA) is 113 Å². The first-order valence-corrected chi connectivity index (χ1v) is 15.6. The Morgan fingerprint density at radius 2 is 0.838 bits per heavy atom. The van der Waals surface area contributed by atoms with Gasteiger partial charge < -0.3 is 25.7 Å². The second-order valence-electron chi connectivity index (χ2n) is 10.3. The predicted octanol–water partition coefficient (Wildman–Crippen LogP) is 5.75. The van der Waals surface area contributed by atoms with Gasteiger partial charge in [-0.2, -0.15) is 0 Å². The van der Waals surface area contributed by atoms with Crippen LogP contribution >= 0.6 is 0 Å². The summed E-state index contributed by atoms with van der Waals surface area (Å²) in [4.78, 5) is 12.1. The lowest BCUT2D eigenvalue weighted by atomic mass is 10.0. The third-order valence-electron chi connectivity index (χ3n) is 6.73. The van der Waals surface area contributed by atoms with Crippen LogP contribution in [0.4, 0.5) is 0 Å². The molecule has 0 spiro atoms. The molecule has 0 heterocycles. The van der Waals surface area contributed by atoms with Gasteiger partial charge in [-0.25, -0.2) is 0 Å². The van der Waals surface area contributed by atoms with Gasteiger partial charge in [0.15, 0.2) is 0 Å². The number of hydrogen-bond donors (Lipinski definition) is 5. The minimum Gasteiger partial charge on any atom is -0.480 e. The molecule has 0 amide bonds. The molecule has 0 fully saturated rings. The van der Waals surface area contributed by atoms with Crippen molar-refractivity contribution < 1.29 is 25.2 Å². The number of rotatable bonds is 29. The van der Waals surface area contributed by atoms with Gasteiger partial charge in [0, 0.05) is 19.6 Å². The number of aliphatic carboxylic acids is 1. The molecule has 37 heavy (non-hydrogen) atoms. The van der Waals surface area contributed by atoms with E-state index in [9.17, 15) is 4.79 Å². The normalized spacial score (nSPS) is 11.1. The first-order chi connectivity index (χ1) is 18.1. The van der Waals surface area contributed by atoms with E-state index < -0.39 is 5.97 Å². The zero-order valence-corrected chi connectivity index (χ0v) is 24.4. The maximum Gasteiger partial charge on any atom is 0.317 e. The minimum absolute atomic E-state index is 0.0694. The lowest BCUT2D eigenvalue weighted by Gasteiger charge is -2.17. The van der Waals surface area contributed by atoms with E-state index >= 15 is 0 Å². The molecule has 224 valence electrons. The highest BCUT2D eigenvalue weighted by Gasteiger charge is 2.00. The molecule has 0 unspecified atom stereocenters. The number of aliphatic hydroxyl groups is 3. The van der Waals surface area contributed by atoms with Crippen molar-refractivity contribution in [2.75, 3.05) is 52.5 Å². The average Bonchev–Trinajstić information content (AvgIpc) is 2.88. The maximum absolute atomic E-state index is 10.3. The molecule has 0 aromatic rings. The number of carboxylic acids is 1. The Labute approximate surface area is 229 Å². The number of carboxylic acid groups (broad SMARTS) is 1. The molecule has 0 aromatic carbocycles. The number of hydrogen-bond acceptors (Lipinski definition) is 6. The van der Waals surface area contributed by atoms with E-state index in [1.165, 1.54) is 122 Å². The van der Waals surface area contributed by atoms with Crippen LogP contribution in [0, 0.1) is 0 Å². The van der Waals surface area contributed by atoms with Crippen LogP contribution in [0.3, 0.4) is 0 Å². The molecule has 0 saturated carbocycles. The number of unbranched alkanes of at least 4 members (excludes halogenated alkanes) is 19. The summed E-state index contributed by atoms with van der Waals surface area (Å²) in [7, 11) is 0. The van der Waals surface area contributed by atoms with Crippen LogP contribution in [0.2, 0.25) is 0 Å². The Morgan fingerprint density at radius 3 is 1.11 bits per heavy atom. The first kappa shape index (κ1) is 38.4. The molecule has 5 N–H and O–H groups in total. The second kappa shape index (κ2) is 35.3. The molecular weight excluding hydrogens is 468 g/mol. The van der Waals surface area contributed by atoms with Gasteiger partial charge in [0.25, 0.3) is 0 Å². The summed E-state index contributed by atoms with van der Waals surface area (Å²) in [5.41, 5.74) is 0. The van der Waals surface area contributed by atoms with Gasteiger partial charge in [-0.15, -0.1) is 0 Å². The highest BCUT2D eigenvalue weighted by molar-refractivity contribution is 5.68. The Morgan fingerprint density at radius 1 is 0.541 bits per heavy atom. The molecule has 0 saturated heterocycles. The van der Waals surface area contributed by atoms with Crippen molar-refractivity contribution in [3.8, 4) is 0 Å². The van der Waals surface area contributed by atoms with Gasteiger partial charge in [0.1, 0.15) is 0 Å². The lowest BCUT2D eigenvalue weighted by Crippen LogP contribution is -2.32. The molecule has 0 aliphatic heterocycles. The molecule has 0 rings (SSSR count). The molecule has 0 atom stereocenters. The van der Waals surface area contributed by atoms with E-state index in [0.29, 0.717) is 19.6 Å². The standard InChI is InChI=1S/C24H49NO2.C6H15NO3/c1-2-3-4-5-6-7-8-9-10-11-12-13-14-15-16-17-18-19-20-21-22-25-23-24(26)27;8-4-1-7(2-5-9)3-6-10/h25H,2-23H2,1H3,(H,26,27);8-10H,1-6H2. The number of carbonyl (C=O) groups is 1. The quantitative estimate of drug-likeness (QED) is 0.0780. The van der Waals surface area contributed by atoms with Crippen molar-refractivity contribution in [3.63, 3.8) is 0 Å². The third kappa shape index (κ3) is 37.5. The zero-order chi connectivity index (χ0) is 27.7. The second-order valence-corrected chi connectivity index (χ2v) is 10.3. The molecule has 7 heteroatoms. The van der Waals surface area contributed by atoms with Crippen molar-refractivity contribution in [2.45, 2.75) is 135 Å². The van der Waals surface area contributed by atoms with Gasteiger partial charge in [-0.1, -0.05) is 129 Å². The highest BCUT2D eigenvalue weighted by Crippen LogP contribution is 2.14. The SMILES string of the molecule is CCCCCCCCCCCCCCCCCCCCCCNCC(=O)O.OCCN(CCO)CCO. The summed E-state index contributed by atoms with van der Waals surface area (Å²) in [6.07, 6.45) is 27.9. The molecule has 0 aliphatic carbocycles. The number of aliphatic hydroxyl groups excluding tert-OH is 3. The monoisotopic (exact) mass is 532 g/mol. The fourth-order valence-corrected chi connectivity index (χ4v) is 4.46. The van der Waals surface area contributed by atoms with E-state index in [1.54, 1.807) is 4.90 Å². The highest BCUT2D eigenvalue weighted by atomic mass is 16.4. The molecule has 0 aromatic heterocycles. The summed E-state index contributed by atoms with van der Waals surface area (Å²) in [5, 5.41) is 36.9. The largest absolute Gasteiger partial charge is 0.480 e. The van der Waals surface area contributed by atoms with Crippen LogP contribution in [0.5, 0.6) is 0 Å². The molecule has 0 radical (unpaired) electrons. The number of nitrogens with zero attached hydrogens (tertiary/aromatic N) is 1. The van der Waals surface area contributed by atoms with Crippen molar-refractivity contribution in [2.24, 2.45) is 0 Å². The summed E-state index contributed by atoms with van der Waals surface area (Å²) in [6.45, 7) is 4.98. The van der Waals surface area contributed by atoms with Crippen LogP contribution < -0.4 is 5.32 Å². The Hall–Kier alpha value is -0.730. The Kier molecular flexibility index (Phi) is 36.6. The number of nitrogens with one attached hydrogen (secondary N) is 1. The van der Waals surface area contributed by atoms with Crippen LogP contribution in [0.1, 0.15) is 135 Å². The first-order valence-electron chi connectivity index (χ1n) is 15.6. The third-order valence-corrected chi connectivity index (χ3v) is 6.73. The van der Waals surface area contributed by atoms with E-state index in [0.717, 1.165) is 13.0 Å².